The smallest absolute Gasteiger partial charge is 0.191 e. The van der Waals surface area contributed by atoms with Crippen LogP contribution in [0.5, 0.6) is 5.75 Å². The molecule has 27 heavy (non-hydrogen) atoms. The van der Waals surface area contributed by atoms with Crippen molar-refractivity contribution in [3.05, 3.63) is 66.4 Å². The van der Waals surface area contributed by atoms with E-state index < -0.39 is 0 Å². The zero-order valence-electron chi connectivity index (χ0n) is 15.4. The first kappa shape index (κ1) is 20.8. The zero-order valence-corrected chi connectivity index (χ0v) is 17.7. The van der Waals surface area contributed by atoms with Crippen LogP contribution in [0.1, 0.15) is 11.5 Å². The van der Waals surface area contributed by atoms with Crippen molar-refractivity contribution >= 4 is 29.9 Å². The summed E-state index contributed by atoms with van der Waals surface area (Å²) in [5, 5.41) is 11.1. The van der Waals surface area contributed by atoms with Crippen molar-refractivity contribution in [2.45, 2.75) is 13.0 Å². The number of aromatic nitrogens is 2. The van der Waals surface area contributed by atoms with Crippen molar-refractivity contribution in [1.82, 2.24) is 20.4 Å². The van der Waals surface area contributed by atoms with Gasteiger partial charge in [-0.25, -0.2) is 4.68 Å². The van der Waals surface area contributed by atoms with Gasteiger partial charge in [-0.2, -0.15) is 5.10 Å². The molecule has 144 valence electrons. The summed E-state index contributed by atoms with van der Waals surface area (Å²) in [5.74, 6) is 2.51. The lowest BCUT2D eigenvalue weighted by atomic mass is 10.3. The summed E-state index contributed by atoms with van der Waals surface area (Å²) in [6, 6.07) is 13.6. The molecule has 7 nitrogen and oxygen atoms in total. The normalized spacial score (nSPS) is 11.0. The minimum Gasteiger partial charge on any atom is -0.497 e. The van der Waals surface area contributed by atoms with E-state index in [0.29, 0.717) is 6.54 Å². The van der Waals surface area contributed by atoms with Crippen LogP contribution in [0.3, 0.4) is 0 Å². The van der Waals surface area contributed by atoms with Gasteiger partial charge in [-0.15, -0.1) is 24.0 Å². The number of hydrogen-bond donors (Lipinski definition) is 2. The number of rotatable bonds is 7. The minimum absolute atomic E-state index is 0. The number of benzene rings is 1. The Bertz CT molecular complexity index is 828. The van der Waals surface area contributed by atoms with Crippen LogP contribution in [-0.4, -0.2) is 36.4 Å². The quantitative estimate of drug-likeness (QED) is 0.308. The molecule has 2 N–H and O–H groups in total. The summed E-state index contributed by atoms with van der Waals surface area (Å²) in [6.07, 6.45) is 4.42. The van der Waals surface area contributed by atoms with E-state index >= 15 is 0 Å². The highest BCUT2D eigenvalue weighted by Crippen LogP contribution is 2.14. The van der Waals surface area contributed by atoms with Crippen molar-refractivity contribution in [2.24, 2.45) is 4.99 Å². The molecular weight excluding hydrogens is 457 g/mol. The number of ether oxygens (including phenoxy) is 1. The number of nitrogens with zero attached hydrogens (tertiary/aromatic N) is 3. The van der Waals surface area contributed by atoms with Crippen LogP contribution in [0.2, 0.25) is 0 Å². The van der Waals surface area contributed by atoms with Gasteiger partial charge in [0, 0.05) is 26.2 Å². The van der Waals surface area contributed by atoms with Gasteiger partial charge in [0.1, 0.15) is 11.5 Å². The lowest BCUT2D eigenvalue weighted by Crippen LogP contribution is -2.37. The fourth-order valence-corrected chi connectivity index (χ4v) is 2.49. The largest absolute Gasteiger partial charge is 0.497 e. The monoisotopic (exact) mass is 481 g/mol. The number of aliphatic imine (C=N–C) groups is 1. The molecular formula is C19H24IN5O2. The molecule has 0 amide bonds. The second-order valence-electron chi connectivity index (χ2n) is 5.63. The van der Waals surface area contributed by atoms with Crippen molar-refractivity contribution in [2.75, 3.05) is 20.7 Å². The van der Waals surface area contributed by atoms with Crippen LogP contribution in [0.15, 0.2) is 64.3 Å². The Hall–Kier alpha value is -2.49. The topological polar surface area (TPSA) is 76.6 Å². The number of furan rings is 1. The fourth-order valence-electron chi connectivity index (χ4n) is 2.49. The zero-order chi connectivity index (χ0) is 18.2. The summed E-state index contributed by atoms with van der Waals surface area (Å²) in [4.78, 5) is 4.22. The number of methoxy groups -OCH3 is 1. The minimum atomic E-state index is 0. The molecule has 2 aromatic heterocycles. The summed E-state index contributed by atoms with van der Waals surface area (Å²) in [7, 11) is 3.40. The van der Waals surface area contributed by atoms with E-state index in [1.165, 1.54) is 0 Å². The molecule has 0 atom stereocenters. The maximum absolute atomic E-state index is 5.32. The van der Waals surface area contributed by atoms with Gasteiger partial charge in [-0.3, -0.25) is 4.99 Å². The van der Waals surface area contributed by atoms with Crippen molar-refractivity contribution < 1.29 is 9.15 Å². The van der Waals surface area contributed by atoms with Crippen molar-refractivity contribution in [3.8, 4) is 11.4 Å². The lowest BCUT2D eigenvalue weighted by Gasteiger charge is -2.10. The molecule has 1 aromatic carbocycles. The summed E-state index contributed by atoms with van der Waals surface area (Å²) >= 11 is 0. The van der Waals surface area contributed by atoms with Gasteiger partial charge in [0.15, 0.2) is 5.96 Å². The van der Waals surface area contributed by atoms with Gasteiger partial charge in [0.05, 0.1) is 31.3 Å². The highest BCUT2D eigenvalue weighted by molar-refractivity contribution is 14.0. The second-order valence-corrected chi connectivity index (χ2v) is 5.63. The third-order valence-electron chi connectivity index (χ3n) is 3.89. The Morgan fingerprint density at radius 3 is 2.67 bits per heavy atom. The van der Waals surface area contributed by atoms with Crippen LogP contribution < -0.4 is 15.4 Å². The molecule has 0 radical (unpaired) electrons. The number of nitrogens with one attached hydrogen (secondary N) is 2. The SMILES string of the molecule is CN=C(NCCc1ccco1)NCc1ccn(-c2ccc(OC)cc2)n1.I. The molecule has 0 bridgehead atoms. The number of hydrogen-bond acceptors (Lipinski definition) is 4. The molecule has 2 heterocycles. The van der Waals surface area contributed by atoms with Gasteiger partial charge in [0.2, 0.25) is 0 Å². The second kappa shape index (κ2) is 10.6. The highest BCUT2D eigenvalue weighted by Gasteiger charge is 2.04. The molecule has 0 aliphatic carbocycles. The molecule has 0 unspecified atom stereocenters. The number of halogens is 1. The predicted molar refractivity (Wildman–Crippen MR) is 116 cm³/mol. The van der Waals surface area contributed by atoms with E-state index in [4.69, 9.17) is 9.15 Å². The molecule has 0 aliphatic heterocycles. The lowest BCUT2D eigenvalue weighted by molar-refractivity contribution is 0.414. The maximum atomic E-state index is 5.32. The van der Waals surface area contributed by atoms with E-state index in [0.717, 1.165) is 41.8 Å². The Kier molecular flexibility index (Phi) is 8.18. The van der Waals surface area contributed by atoms with Crippen LogP contribution in [0, 0.1) is 0 Å². The molecule has 0 aliphatic rings. The number of guanidine groups is 1. The molecule has 0 saturated heterocycles. The Labute approximate surface area is 175 Å². The predicted octanol–water partition coefficient (Wildman–Crippen LogP) is 3.00. The van der Waals surface area contributed by atoms with E-state index in [1.807, 2.05) is 53.3 Å². The summed E-state index contributed by atoms with van der Waals surface area (Å²) in [6.45, 7) is 1.33. The molecule has 0 spiro atoms. The molecule has 3 rings (SSSR count). The first-order chi connectivity index (χ1) is 12.8. The summed E-state index contributed by atoms with van der Waals surface area (Å²) in [5.41, 5.74) is 1.91. The third-order valence-corrected chi connectivity index (χ3v) is 3.89. The maximum Gasteiger partial charge on any atom is 0.191 e. The first-order valence-electron chi connectivity index (χ1n) is 8.44. The Balaban J connectivity index is 0.00000261. The van der Waals surface area contributed by atoms with E-state index in [1.54, 1.807) is 20.4 Å². The molecule has 0 saturated carbocycles. The van der Waals surface area contributed by atoms with Crippen LogP contribution in [-0.2, 0) is 13.0 Å². The van der Waals surface area contributed by atoms with Crippen LogP contribution >= 0.6 is 24.0 Å². The van der Waals surface area contributed by atoms with Gasteiger partial charge in [-0.05, 0) is 42.5 Å². The first-order valence-corrected chi connectivity index (χ1v) is 8.44. The van der Waals surface area contributed by atoms with E-state index in [-0.39, 0.29) is 24.0 Å². The van der Waals surface area contributed by atoms with Gasteiger partial charge in [-0.1, -0.05) is 0 Å². The molecule has 3 aromatic rings. The Morgan fingerprint density at radius 1 is 1.19 bits per heavy atom. The third kappa shape index (κ3) is 6.02. The Morgan fingerprint density at radius 2 is 2.00 bits per heavy atom. The molecule has 8 heteroatoms. The average Bonchev–Trinajstić information content (AvgIpc) is 3.36. The van der Waals surface area contributed by atoms with Crippen LogP contribution in [0.25, 0.3) is 5.69 Å². The standard InChI is InChI=1S/C19H23N5O2.HI/c1-20-19(21-11-9-18-4-3-13-26-18)22-14-15-10-12-24(23-15)16-5-7-17(25-2)8-6-16;/h3-8,10,12-13H,9,11,14H2,1-2H3,(H2,20,21,22);1H. The average molecular weight is 481 g/mol. The van der Waals surface area contributed by atoms with Gasteiger partial charge in [0.25, 0.3) is 0 Å². The van der Waals surface area contributed by atoms with Crippen molar-refractivity contribution in [1.29, 1.82) is 0 Å². The van der Waals surface area contributed by atoms with Gasteiger partial charge >= 0.3 is 0 Å². The fraction of sp³-hybridized carbons (Fsp3) is 0.263. The van der Waals surface area contributed by atoms with Crippen molar-refractivity contribution in [3.63, 3.8) is 0 Å². The molecule has 0 fully saturated rings. The van der Waals surface area contributed by atoms with E-state index in [9.17, 15) is 0 Å². The highest BCUT2D eigenvalue weighted by atomic mass is 127. The summed E-state index contributed by atoms with van der Waals surface area (Å²) < 4.78 is 12.3. The van der Waals surface area contributed by atoms with Gasteiger partial charge < -0.3 is 19.8 Å². The van der Waals surface area contributed by atoms with Crippen LogP contribution in [0.4, 0.5) is 0 Å². The van der Waals surface area contributed by atoms with E-state index in [2.05, 4.69) is 20.7 Å².